The predicted molar refractivity (Wildman–Crippen MR) is 154 cm³/mol. The number of hydrogen-bond acceptors (Lipinski definition) is 6. The molecule has 0 saturated carbocycles. The van der Waals surface area contributed by atoms with Gasteiger partial charge >= 0.3 is 8.80 Å². The summed E-state index contributed by atoms with van der Waals surface area (Å²) in [7, 11) is -2.89. The molecule has 0 rings (SSSR count). The van der Waals surface area contributed by atoms with Crippen LogP contribution in [0.4, 0.5) is 0 Å². The van der Waals surface area contributed by atoms with Crippen molar-refractivity contribution in [1.82, 2.24) is 0 Å². The molecule has 0 aliphatic carbocycles. The molecular formula is C29H63NO5Si. The minimum Gasteiger partial charge on any atom is -0.394 e. The Kier molecular flexibility index (Phi) is 24.0. The van der Waals surface area contributed by atoms with Crippen molar-refractivity contribution in [3.8, 4) is 0 Å². The maximum Gasteiger partial charge on any atom is 0.501 e. The van der Waals surface area contributed by atoms with Crippen LogP contribution >= 0.6 is 0 Å². The van der Waals surface area contributed by atoms with Crippen molar-refractivity contribution in [3.05, 3.63) is 0 Å². The average Bonchev–Trinajstić information content (AvgIpc) is 2.83. The van der Waals surface area contributed by atoms with Crippen molar-refractivity contribution in [2.75, 3.05) is 33.0 Å². The van der Waals surface area contributed by atoms with Gasteiger partial charge < -0.3 is 29.2 Å². The van der Waals surface area contributed by atoms with Gasteiger partial charge in [-0.05, 0) is 39.5 Å². The third kappa shape index (κ3) is 22.0. The Labute approximate surface area is 225 Å². The van der Waals surface area contributed by atoms with E-state index >= 15 is 0 Å². The summed E-state index contributed by atoms with van der Waals surface area (Å²) in [5.74, 6) is 0.585. The first kappa shape index (κ1) is 36.0. The molecule has 4 N–H and O–H groups in total. The summed E-state index contributed by atoms with van der Waals surface area (Å²) in [5, 5.41) is 18.5. The van der Waals surface area contributed by atoms with Crippen LogP contribution in [0.3, 0.4) is 0 Å². The first-order chi connectivity index (χ1) is 17.3. The summed E-state index contributed by atoms with van der Waals surface area (Å²) >= 11 is 0. The van der Waals surface area contributed by atoms with Gasteiger partial charge in [-0.3, -0.25) is 0 Å². The van der Waals surface area contributed by atoms with Gasteiger partial charge in [0.2, 0.25) is 0 Å². The second-order valence-electron chi connectivity index (χ2n) is 11.2. The second-order valence-corrected chi connectivity index (χ2v) is 14.0. The van der Waals surface area contributed by atoms with Crippen molar-refractivity contribution in [2.24, 2.45) is 11.7 Å². The number of aliphatic hydroxyl groups is 2. The molecule has 0 bridgehead atoms. The van der Waals surface area contributed by atoms with Crippen molar-refractivity contribution in [1.29, 1.82) is 0 Å². The zero-order chi connectivity index (χ0) is 27.0. The molecule has 0 heterocycles. The van der Waals surface area contributed by atoms with Crippen LogP contribution in [0.2, 0.25) is 6.04 Å². The van der Waals surface area contributed by atoms with E-state index in [0.717, 1.165) is 19.3 Å². The van der Waals surface area contributed by atoms with E-state index in [1.54, 1.807) is 0 Å². The fraction of sp³-hybridized carbons (Fsp3) is 1.00. The van der Waals surface area contributed by atoms with Gasteiger partial charge in [0.05, 0.1) is 26.4 Å². The first-order valence-corrected chi connectivity index (χ1v) is 17.2. The molecule has 218 valence electrons. The van der Waals surface area contributed by atoms with E-state index in [2.05, 4.69) is 20.8 Å². The SMILES string of the molecule is CCCCCCCCCCCCCCCC(CCC[Si](OCC)(OCCO)OCCO)CC(C)(C)N. The molecule has 0 aromatic rings. The molecule has 0 aromatic carbocycles. The van der Waals surface area contributed by atoms with E-state index in [0.29, 0.717) is 18.6 Å². The maximum atomic E-state index is 9.24. The van der Waals surface area contributed by atoms with Gasteiger partial charge in [0, 0.05) is 18.2 Å². The van der Waals surface area contributed by atoms with E-state index in [1.807, 2.05) is 6.92 Å². The lowest BCUT2D eigenvalue weighted by molar-refractivity contribution is 0.0387. The van der Waals surface area contributed by atoms with Crippen LogP contribution in [0, 0.1) is 5.92 Å². The van der Waals surface area contributed by atoms with Crippen LogP contribution in [0.5, 0.6) is 0 Å². The van der Waals surface area contributed by atoms with E-state index < -0.39 is 8.80 Å². The molecule has 0 amide bonds. The van der Waals surface area contributed by atoms with Crippen molar-refractivity contribution in [2.45, 2.75) is 148 Å². The molecule has 0 radical (unpaired) electrons. The Hall–Kier alpha value is -0.0231. The molecule has 0 aromatic heterocycles. The fourth-order valence-electron chi connectivity index (χ4n) is 5.11. The Morgan fingerprint density at radius 2 is 1.11 bits per heavy atom. The van der Waals surface area contributed by atoms with Gasteiger partial charge in [-0.15, -0.1) is 0 Å². The van der Waals surface area contributed by atoms with Crippen molar-refractivity contribution in [3.63, 3.8) is 0 Å². The first-order valence-electron chi connectivity index (χ1n) is 15.2. The monoisotopic (exact) mass is 533 g/mol. The highest BCUT2D eigenvalue weighted by Gasteiger charge is 2.40. The maximum absolute atomic E-state index is 9.24. The third-order valence-electron chi connectivity index (χ3n) is 6.82. The number of hydrogen-bond donors (Lipinski definition) is 3. The van der Waals surface area contributed by atoms with Gasteiger partial charge in [-0.1, -0.05) is 103 Å². The van der Waals surface area contributed by atoms with Crippen molar-refractivity contribution >= 4 is 8.80 Å². The van der Waals surface area contributed by atoms with Gasteiger partial charge in [-0.25, -0.2) is 0 Å². The highest BCUT2D eigenvalue weighted by molar-refractivity contribution is 6.60. The Morgan fingerprint density at radius 1 is 0.667 bits per heavy atom. The highest BCUT2D eigenvalue weighted by atomic mass is 28.4. The highest BCUT2D eigenvalue weighted by Crippen LogP contribution is 2.28. The molecule has 7 heteroatoms. The normalized spacial score (nSPS) is 13.4. The molecular weight excluding hydrogens is 470 g/mol. The van der Waals surface area contributed by atoms with Gasteiger partial charge in [0.1, 0.15) is 0 Å². The van der Waals surface area contributed by atoms with E-state index in [-0.39, 0.29) is 32.0 Å². The summed E-state index contributed by atoms with van der Waals surface area (Å²) in [6.07, 6.45) is 22.2. The molecule has 0 saturated heterocycles. The molecule has 1 unspecified atom stereocenters. The largest absolute Gasteiger partial charge is 0.501 e. The number of unbranched alkanes of at least 4 members (excludes halogenated alkanes) is 12. The van der Waals surface area contributed by atoms with E-state index in [1.165, 1.54) is 89.9 Å². The van der Waals surface area contributed by atoms with Gasteiger partial charge in [0.25, 0.3) is 0 Å². The molecule has 36 heavy (non-hydrogen) atoms. The van der Waals surface area contributed by atoms with E-state index in [4.69, 9.17) is 19.0 Å². The lowest BCUT2D eigenvalue weighted by Crippen LogP contribution is -2.47. The Bertz CT molecular complexity index is 453. The van der Waals surface area contributed by atoms with Gasteiger partial charge in [0.15, 0.2) is 0 Å². The molecule has 0 aliphatic heterocycles. The smallest absolute Gasteiger partial charge is 0.394 e. The Balaban J connectivity index is 4.30. The second kappa shape index (κ2) is 24.0. The summed E-state index contributed by atoms with van der Waals surface area (Å²) < 4.78 is 17.7. The average molecular weight is 534 g/mol. The molecule has 1 atom stereocenters. The van der Waals surface area contributed by atoms with Gasteiger partial charge in [-0.2, -0.15) is 0 Å². The molecule has 0 spiro atoms. The molecule has 0 fully saturated rings. The zero-order valence-corrected chi connectivity index (χ0v) is 25.5. The predicted octanol–water partition coefficient (Wildman–Crippen LogP) is 6.98. The zero-order valence-electron chi connectivity index (χ0n) is 24.5. The lowest BCUT2D eigenvalue weighted by atomic mass is 9.85. The van der Waals surface area contributed by atoms with Crippen LogP contribution in [-0.2, 0) is 13.3 Å². The molecule has 6 nitrogen and oxygen atoms in total. The minimum atomic E-state index is -2.89. The third-order valence-corrected chi connectivity index (χ3v) is 9.80. The number of nitrogens with two attached hydrogens (primary N) is 1. The van der Waals surface area contributed by atoms with E-state index in [9.17, 15) is 10.2 Å². The van der Waals surface area contributed by atoms with Crippen molar-refractivity contribution < 1.29 is 23.5 Å². The van der Waals surface area contributed by atoms with Crippen LogP contribution in [-0.4, -0.2) is 57.6 Å². The standard InChI is InChI=1S/C29H63NO5Si/c1-5-7-8-9-10-11-12-13-14-15-16-17-18-20-28(27-29(3,4)30)21-19-26-36(33-6-2,34-24-22-31)35-25-23-32/h28,31-32H,5-27,30H2,1-4H3. The minimum absolute atomic E-state index is 0.0622. The molecule has 0 aliphatic rings. The quantitative estimate of drug-likeness (QED) is 0.0741. The fourth-order valence-corrected chi connectivity index (χ4v) is 7.68. The summed E-state index contributed by atoms with van der Waals surface area (Å²) in [6, 6.07) is 0.709. The summed E-state index contributed by atoms with van der Waals surface area (Å²) in [6.45, 7) is 9.24. The topological polar surface area (TPSA) is 94.2 Å². The number of aliphatic hydroxyl groups excluding tert-OH is 2. The van der Waals surface area contributed by atoms with Crippen LogP contribution in [0.1, 0.15) is 137 Å². The Morgan fingerprint density at radius 3 is 1.53 bits per heavy atom. The summed E-state index contributed by atoms with van der Waals surface area (Å²) in [5.41, 5.74) is 6.23. The summed E-state index contributed by atoms with van der Waals surface area (Å²) in [4.78, 5) is 0. The van der Waals surface area contributed by atoms with Crippen LogP contribution < -0.4 is 5.73 Å². The lowest BCUT2D eigenvalue weighted by Gasteiger charge is -2.30. The van der Waals surface area contributed by atoms with Crippen LogP contribution in [0.25, 0.3) is 0 Å². The number of rotatable bonds is 28. The van der Waals surface area contributed by atoms with Crippen LogP contribution in [0.15, 0.2) is 0 Å².